The van der Waals surface area contributed by atoms with E-state index in [2.05, 4.69) is 138 Å². The summed E-state index contributed by atoms with van der Waals surface area (Å²) in [6.07, 6.45) is 0. The lowest BCUT2D eigenvalue weighted by atomic mass is 9.66. The van der Waals surface area contributed by atoms with Gasteiger partial charge in [-0.2, -0.15) is 0 Å². The molecule has 0 saturated heterocycles. The quantitative estimate of drug-likeness (QED) is 0.201. The molecule has 7 aromatic carbocycles. The Bertz CT molecular complexity index is 2550. The first-order valence-corrected chi connectivity index (χ1v) is 16.3. The van der Waals surface area contributed by atoms with Gasteiger partial charge in [0.05, 0.1) is 16.4 Å². The number of rotatable bonds is 3. The standard InChI is InChI=1S/C44H29N3O/c45-31-21-25-42-38(27-31)44(36-14-6-9-17-41(36)48-42)35-13-5-4-12-33(35)34-24-20-30(26-37(34)44)28-18-22-32(23-19-28)47-40-16-8-7-15-39(40)46-43(47)29-10-2-1-3-11-29/h1-27H,45H2. The number of hydrogen-bond donors (Lipinski definition) is 1. The van der Waals surface area contributed by atoms with E-state index in [1.54, 1.807) is 0 Å². The maximum absolute atomic E-state index is 6.52. The molecule has 1 aliphatic heterocycles. The summed E-state index contributed by atoms with van der Waals surface area (Å²) in [6, 6.07) is 57.7. The summed E-state index contributed by atoms with van der Waals surface area (Å²) in [4.78, 5) is 5.03. The summed E-state index contributed by atoms with van der Waals surface area (Å²) in [5.74, 6) is 2.63. The number of ether oxygens (including phenoxy) is 1. The van der Waals surface area contributed by atoms with Gasteiger partial charge in [-0.1, -0.05) is 109 Å². The first kappa shape index (κ1) is 26.8. The highest BCUT2D eigenvalue weighted by molar-refractivity contribution is 5.91. The van der Waals surface area contributed by atoms with Crippen molar-refractivity contribution in [2.45, 2.75) is 5.41 Å². The normalized spacial score (nSPS) is 15.4. The lowest BCUT2D eigenvalue weighted by Gasteiger charge is -2.39. The minimum absolute atomic E-state index is 0.568. The largest absolute Gasteiger partial charge is 0.457 e. The van der Waals surface area contributed by atoms with Crippen molar-refractivity contribution in [3.05, 3.63) is 186 Å². The van der Waals surface area contributed by atoms with E-state index in [9.17, 15) is 0 Å². The number of para-hydroxylation sites is 3. The Hall–Kier alpha value is -6.39. The molecule has 1 atom stereocenters. The molecule has 0 amide bonds. The second-order valence-corrected chi connectivity index (χ2v) is 12.6. The second kappa shape index (κ2) is 10.1. The van der Waals surface area contributed by atoms with Gasteiger partial charge in [-0.05, 0) is 88.0 Å². The molecule has 2 aliphatic rings. The van der Waals surface area contributed by atoms with Gasteiger partial charge >= 0.3 is 0 Å². The Kier molecular flexibility index (Phi) is 5.61. The van der Waals surface area contributed by atoms with Crippen LogP contribution >= 0.6 is 0 Å². The van der Waals surface area contributed by atoms with Crippen molar-refractivity contribution in [3.63, 3.8) is 0 Å². The molecule has 2 heterocycles. The molecule has 8 aromatic rings. The van der Waals surface area contributed by atoms with Crippen molar-refractivity contribution in [2.24, 2.45) is 0 Å². The molecule has 4 heteroatoms. The lowest BCUT2D eigenvalue weighted by molar-refractivity contribution is 0.436. The van der Waals surface area contributed by atoms with Gasteiger partial charge in [0.25, 0.3) is 0 Å². The summed E-state index contributed by atoms with van der Waals surface area (Å²) in [6.45, 7) is 0. The zero-order valence-corrected chi connectivity index (χ0v) is 26.0. The highest BCUT2D eigenvalue weighted by Crippen LogP contribution is 2.62. The van der Waals surface area contributed by atoms with E-state index in [1.807, 2.05) is 30.3 Å². The first-order valence-electron chi connectivity index (χ1n) is 16.3. The topological polar surface area (TPSA) is 53.1 Å². The van der Waals surface area contributed by atoms with Crippen LogP contribution in [-0.4, -0.2) is 9.55 Å². The molecule has 0 radical (unpaired) electrons. The van der Waals surface area contributed by atoms with Crippen LogP contribution in [0.5, 0.6) is 11.5 Å². The van der Waals surface area contributed by atoms with Gasteiger partial charge in [0.1, 0.15) is 17.3 Å². The Morgan fingerprint density at radius 2 is 1.19 bits per heavy atom. The van der Waals surface area contributed by atoms with Crippen molar-refractivity contribution in [1.82, 2.24) is 9.55 Å². The monoisotopic (exact) mass is 615 g/mol. The third kappa shape index (κ3) is 3.68. The van der Waals surface area contributed by atoms with Crippen LogP contribution in [0.3, 0.4) is 0 Å². The second-order valence-electron chi connectivity index (χ2n) is 12.6. The third-order valence-corrected chi connectivity index (χ3v) is 10.0. The number of nitrogens with zero attached hydrogens (tertiary/aromatic N) is 2. The smallest absolute Gasteiger partial charge is 0.145 e. The molecule has 1 unspecified atom stereocenters. The third-order valence-electron chi connectivity index (χ3n) is 10.0. The molecule has 48 heavy (non-hydrogen) atoms. The highest BCUT2D eigenvalue weighted by Gasteiger charge is 2.51. The summed E-state index contributed by atoms with van der Waals surface area (Å²) >= 11 is 0. The number of hydrogen-bond acceptors (Lipinski definition) is 3. The molecule has 226 valence electrons. The van der Waals surface area contributed by atoms with Crippen LogP contribution in [0.1, 0.15) is 22.3 Å². The van der Waals surface area contributed by atoms with Crippen LogP contribution in [0.25, 0.3) is 50.4 Å². The average Bonchev–Trinajstić information content (AvgIpc) is 3.67. The van der Waals surface area contributed by atoms with Crippen molar-refractivity contribution < 1.29 is 4.74 Å². The molecular formula is C44H29N3O. The van der Waals surface area contributed by atoms with E-state index in [-0.39, 0.29) is 0 Å². The number of nitrogen functional groups attached to an aromatic ring is 1. The van der Waals surface area contributed by atoms with E-state index in [1.165, 1.54) is 22.3 Å². The van der Waals surface area contributed by atoms with Crippen molar-refractivity contribution in [2.75, 3.05) is 5.73 Å². The molecule has 1 spiro atoms. The minimum Gasteiger partial charge on any atom is -0.457 e. The number of imidazole rings is 1. The molecule has 0 bridgehead atoms. The van der Waals surface area contributed by atoms with Gasteiger partial charge in [0.15, 0.2) is 0 Å². The van der Waals surface area contributed by atoms with E-state index in [0.717, 1.165) is 67.5 Å². The SMILES string of the molecule is Nc1ccc2c(c1)C1(c3ccccc3O2)c2ccccc2-c2ccc(-c3ccc(-n4c(-c5ccccc5)nc5ccccc54)cc3)cc21. The molecule has 4 nitrogen and oxygen atoms in total. The Labute approximate surface area is 278 Å². The maximum Gasteiger partial charge on any atom is 0.145 e. The van der Waals surface area contributed by atoms with Crippen LogP contribution in [0.4, 0.5) is 5.69 Å². The first-order chi connectivity index (χ1) is 23.7. The van der Waals surface area contributed by atoms with Crippen LogP contribution in [-0.2, 0) is 5.41 Å². The Morgan fingerprint density at radius 3 is 2.06 bits per heavy atom. The summed E-state index contributed by atoms with van der Waals surface area (Å²) in [5.41, 5.74) is 20.3. The van der Waals surface area contributed by atoms with Gasteiger partial charge < -0.3 is 10.5 Å². The van der Waals surface area contributed by atoms with Crippen LogP contribution in [0.2, 0.25) is 0 Å². The predicted molar refractivity (Wildman–Crippen MR) is 194 cm³/mol. The molecule has 1 aromatic heterocycles. The van der Waals surface area contributed by atoms with Crippen LogP contribution < -0.4 is 10.5 Å². The molecule has 2 N–H and O–H groups in total. The van der Waals surface area contributed by atoms with Gasteiger partial charge in [-0.3, -0.25) is 4.57 Å². The van der Waals surface area contributed by atoms with E-state index < -0.39 is 5.41 Å². The number of anilines is 1. The molecule has 0 fully saturated rings. The van der Waals surface area contributed by atoms with Gasteiger partial charge in [0.2, 0.25) is 0 Å². The summed E-state index contributed by atoms with van der Waals surface area (Å²) in [7, 11) is 0. The molecule has 1 aliphatic carbocycles. The summed E-state index contributed by atoms with van der Waals surface area (Å²) in [5, 5.41) is 0. The Balaban J connectivity index is 1.16. The number of fused-ring (bicyclic) bond motifs is 10. The fourth-order valence-corrected chi connectivity index (χ4v) is 7.97. The van der Waals surface area contributed by atoms with E-state index in [4.69, 9.17) is 15.5 Å². The van der Waals surface area contributed by atoms with Crippen molar-refractivity contribution in [1.29, 1.82) is 0 Å². The van der Waals surface area contributed by atoms with Crippen LogP contribution in [0.15, 0.2) is 164 Å². The van der Waals surface area contributed by atoms with Crippen molar-refractivity contribution in [3.8, 4) is 50.8 Å². The van der Waals surface area contributed by atoms with Crippen molar-refractivity contribution >= 4 is 16.7 Å². The zero-order chi connectivity index (χ0) is 31.8. The fourth-order valence-electron chi connectivity index (χ4n) is 7.97. The number of aromatic nitrogens is 2. The molecule has 0 saturated carbocycles. The van der Waals surface area contributed by atoms with Gasteiger partial charge in [0, 0.05) is 28.1 Å². The fraction of sp³-hybridized carbons (Fsp3) is 0.0227. The molecular weight excluding hydrogens is 587 g/mol. The molecule has 10 rings (SSSR count). The minimum atomic E-state index is -0.568. The van der Waals surface area contributed by atoms with E-state index >= 15 is 0 Å². The Morgan fingerprint density at radius 1 is 0.500 bits per heavy atom. The maximum atomic E-state index is 6.52. The van der Waals surface area contributed by atoms with E-state index in [0.29, 0.717) is 0 Å². The predicted octanol–water partition coefficient (Wildman–Crippen LogP) is 10.4. The average molecular weight is 616 g/mol. The zero-order valence-electron chi connectivity index (χ0n) is 26.0. The van der Waals surface area contributed by atoms with Gasteiger partial charge in [-0.15, -0.1) is 0 Å². The van der Waals surface area contributed by atoms with Crippen LogP contribution in [0, 0.1) is 0 Å². The highest BCUT2D eigenvalue weighted by atomic mass is 16.5. The van der Waals surface area contributed by atoms with Gasteiger partial charge in [-0.25, -0.2) is 4.98 Å². The number of nitrogens with two attached hydrogens (primary N) is 1. The number of benzene rings is 7. The lowest BCUT2D eigenvalue weighted by Crippen LogP contribution is -2.32. The summed E-state index contributed by atoms with van der Waals surface area (Å²) < 4.78 is 8.77.